The summed E-state index contributed by atoms with van der Waals surface area (Å²) in [5, 5.41) is 16.1. The summed E-state index contributed by atoms with van der Waals surface area (Å²) in [6, 6.07) is 7.84. The number of hydrogen-bond donors (Lipinski definition) is 1. The van der Waals surface area contributed by atoms with Crippen LogP contribution in [0.4, 0.5) is 0 Å². The first-order valence-corrected chi connectivity index (χ1v) is 6.31. The predicted molar refractivity (Wildman–Crippen MR) is 70.6 cm³/mol. The molecule has 0 radical (unpaired) electrons. The number of aryl methyl sites for hydroxylation is 2. The summed E-state index contributed by atoms with van der Waals surface area (Å²) in [6.07, 6.45) is 1.65. The van der Waals surface area contributed by atoms with E-state index >= 15 is 0 Å². The minimum atomic E-state index is 0.737. The number of benzene rings is 1. The van der Waals surface area contributed by atoms with Crippen LogP contribution >= 0.6 is 11.6 Å². The summed E-state index contributed by atoms with van der Waals surface area (Å²) in [5.74, 6) is 0.770. The van der Waals surface area contributed by atoms with E-state index in [-0.39, 0.29) is 0 Å². The summed E-state index contributed by atoms with van der Waals surface area (Å²) >= 11 is 5.93. The number of hydrogen-bond acceptors (Lipinski definition) is 4. The van der Waals surface area contributed by atoms with Crippen molar-refractivity contribution in [3.8, 4) is 0 Å². The molecule has 18 heavy (non-hydrogen) atoms. The lowest BCUT2D eigenvalue weighted by atomic mass is 10.1. The quantitative estimate of drug-likeness (QED) is 0.856. The van der Waals surface area contributed by atoms with Gasteiger partial charge in [0.15, 0.2) is 5.82 Å². The zero-order valence-electron chi connectivity index (χ0n) is 10.3. The minimum Gasteiger partial charge on any atom is -0.318 e. The standard InChI is InChI=1S/C12H16ClN5/c1-14-7-8-18-16-12(15-17-18)6-5-10-3-2-4-11(13)9-10/h2-4,9,14H,5-8H2,1H3. The maximum Gasteiger partial charge on any atom is 0.175 e. The number of rotatable bonds is 6. The van der Waals surface area contributed by atoms with E-state index < -0.39 is 0 Å². The van der Waals surface area contributed by atoms with Gasteiger partial charge in [0.25, 0.3) is 0 Å². The van der Waals surface area contributed by atoms with Crippen molar-refractivity contribution >= 4 is 11.6 Å². The zero-order valence-corrected chi connectivity index (χ0v) is 11.1. The van der Waals surface area contributed by atoms with Crippen LogP contribution < -0.4 is 5.32 Å². The first-order valence-electron chi connectivity index (χ1n) is 5.93. The second kappa shape index (κ2) is 6.47. The summed E-state index contributed by atoms with van der Waals surface area (Å²) in [4.78, 5) is 1.61. The van der Waals surface area contributed by atoms with Crippen LogP contribution in [0.1, 0.15) is 11.4 Å². The molecular weight excluding hydrogens is 250 g/mol. The molecule has 2 rings (SSSR count). The van der Waals surface area contributed by atoms with Crippen LogP contribution in [0.2, 0.25) is 5.02 Å². The van der Waals surface area contributed by atoms with Gasteiger partial charge >= 0.3 is 0 Å². The Morgan fingerprint density at radius 2 is 2.22 bits per heavy atom. The van der Waals surface area contributed by atoms with Crippen molar-refractivity contribution in [2.45, 2.75) is 19.4 Å². The molecule has 0 aliphatic heterocycles. The van der Waals surface area contributed by atoms with Gasteiger partial charge in [-0.1, -0.05) is 23.7 Å². The maximum atomic E-state index is 5.93. The molecule has 0 atom stereocenters. The average molecular weight is 266 g/mol. The molecule has 1 aromatic carbocycles. The molecule has 5 nitrogen and oxygen atoms in total. The topological polar surface area (TPSA) is 55.6 Å². The fraction of sp³-hybridized carbons (Fsp3) is 0.417. The Labute approximate surface area is 111 Å². The molecule has 1 heterocycles. The number of halogens is 1. The van der Waals surface area contributed by atoms with Gasteiger partial charge < -0.3 is 5.32 Å². The van der Waals surface area contributed by atoms with Crippen molar-refractivity contribution in [3.63, 3.8) is 0 Å². The summed E-state index contributed by atoms with van der Waals surface area (Å²) in [5.41, 5.74) is 1.19. The molecule has 2 aromatic rings. The highest BCUT2D eigenvalue weighted by atomic mass is 35.5. The first-order chi connectivity index (χ1) is 8.78. The van der Waals surface area contributed by atoms with Gasteiger partial charge in [-0.25, -0.2) is 0 Å². The van der Waals surface area contributed by atoms with Gasteiger partial charge in [-0.05, 0) is 36.4 Å². The average Bonchev–Trinajstić information content (AvgIpc) is 2.82. The number of nitrogens with one attached hydrogen (secondary N) is 1. The van der Waals surface area contributed by atoms with Crippen molar-refractivity contribution in [3.05, 3.63) is 40.7 Å². The monoisotopic (exact) mass is 265 g/mol. The lowest BCUT2D eigenvalue weighted by molar-refractivity contribution is 0.505. The van der Waals surface area contributed by atoms with Gasteiger partial charge in [0.1, 0.15) is 0 Å². The molecular formula is C12H16ClN5. The second-order valence-corrected chi connectivity index (χ2v) is 4.47. The van der Waals surface area contributed by atoms with Crippen molar-refractivity contribution in [2.24, 2.45) is 0 Å². The van der Waals surface area contributed by atoms with Gasteiger partial charge in [-0.2, -0.15) is 4.80 Å². The number of nitrogens with zero attached hydrogens (tertiary/aromatic N) is 4. The van der Waals surface area contributed by atoms with Crippen molar-refractivity contribution in [1.29, 1.82) is 0 Å². The van der Waals surface area contributed by atoms with E-state index in [1.165, 1.54) is 5.56 Å². The minimum absolute atomic E-state index is 0.737. The van der Waals surface area contributed by atoms with Crippen LogP contribution in [-0.4, -0.2) is 33.8 Å². The molecule has 0 aliphatic rings. The molecule has 0 saturated heterocycles. The van der Waals surface area contributed by atoms with E-state index in [2.05, 4.69) is 26.8 Å². The largest absolute Gasteiger partial charge is 0.318 e. The predicted octanol–water partition coefficient (Wildman–Crippen LogP) is 1.33. The number of likely N-dealkylation sites (N-methyl/N-ethyl adjacent to an activating group) is 1. The Kier molecular flexibility index (Phi) is 4.66. The van der Waals surface area contributed by atoms with Gasteiger partial charge in [-0.15, -0.1) is 10.2 Å². The molecule has 0 bridgehead atoms. The first kappa shape index (κ1) is 13.0. The molecule has 0 saturated carbocycles. The normalized spacial score (nSPS) is 10.8. The van der Waals surface area contributed by atoms with E-state index in [9.17, 15) is 0 Å². The fourth-order valence-electron chi connectivity index (χ4n) is 1.63. The number of aromatic nitrogens is 4. The lowest BCUT2D eigenvalue weighted by Gasteiger charge is -1.99. The Morgan fingerprint density at radius 3 is 3.00 bits per heavy atom. The molecule has 0 fully saturated rings. The highest BCUT2D eigenvalue weighted by molar-refractivity contribution is 6.30. The molecule has 0 aliphatic carbocycles. The SMILES string of the molecule is CNCCn1nnc(CCc2cccc(Cl)c2)n1. The summed E-state index contributed by atoms with van der Waals surface area (Å²) in [7, 11) is 1.90. The molecule has 1 aromatic heterocycles. The lowest BCUT2D eigenvalue weighted by Crippen LogP contribution is -2.16. The fourth-order valence-corrected chi connectivity index (χ4v) is 1.84. The van der Waals surface area contributed by atoms with Gasteiger partial charge in [0, 0.05) is 18.0 Å². The summed E-state index contributed by atoms with van der Waals surface area (Å²) < 4.78 is 0. The highest BCUT2D eigenvalue weighted by Gasteiger charge is 2.03. The van der Waals surface area contributed by atoms with Crippen LogP contribution in [0.15, 0.2) is 24.3 Å². The Hall–Kier alpha value is -1.46. The smallest absolute Gasteiger partial charge is 0.175 e. The molecule has 0 unspecified atom stereocenters. The van der Waals surface area contributed by atoms with Gasteiger partial charge in [-0.3, -0.25) is 0 Å². The summed E-state index contributed by atoms with van der Waals surface area (Å²) in [6.45, 7) is 1.57. The van der Waals surface area contributed by atoms with Crippen LogP contribution in [-0.2, 0) is 19.4 Å². The molecule has 1 N–H and O–H groups in total. The number of tetrazole rings is 1. The zero-order chi connectivity index (χ0) is 12.8. The van der Waals surface area contributed by atoms with Gasteiger partial charge in [0.05, 0.1) is 6.54 Å². The molecule has 0 amide bonds. The second-order valence-electron chi connectivity index (χ2n) is 4.04. The third-order valence-corrected chi connectivity index (χ3v) is 2.82. The van der Waals surface area contributed by atoms with E-state index in [1.54, 1.807) is 4.80 Å². The molecule has 96 valence electrons. The molecule has 6 heteroatoms. The van der Waals surface area contributed by atoms with E-state index in [0.29, 0.717) is 0 Å². The third kappa shape index (κ3) is 3.78. The van der Waals surface area contributed by atoms with Crippen LogP contribution in [0.3, 0.4) is 0 Å². The van der Waals surface area contributed by atoms with E-state index in [0.717, 1.165) is 36.8 Å². The highest BCUT2D eigenvalue weighted by Crippen LogP contribution is 2.12. The third-order valence-electron chi connectivity index (χ3n) is 2.58. The molecule has 0 spiro atoms. The maximum absolute atomic E-state index is 5.93. The van der Waals surface area contributed by atoms with E-state index in [4.69, 9.17) is 11.6 Å². The Morgan fingerprint density at radius 1 is 1.33 bits per heavy atom. The van der Waals surface area contributed by atoms with Crippen LogP contribution in [0.25, 0.3) is 0 Å². The Bertz CT molecular complexity index is 497. The van der Waals surface area contributed by atoms with E-state index in [1.807, 2.05) is 25.2 Å². The van der Waals surface area contributed by atoms with Crippen LogP contribution in [0, 0.1) is 0 Å². The van der Waals surface area contributed by atoms with Gasteiger partial charge in [0.2, 0.25) is 0 Å². The van der Waals surface area contributed by atoms with Crippen molar-refractivity contribution in [1.82, 2.24) is 25.5 Å². The van der Waals surface area contributed by atoms with Crippen LogP contribution in [0.5, 0.6) is 0 Å². The van der Waals surface area contributed by atoms with Crippen molar-refractivity contribution in [2.75, 3.05) is 13.6 Å². The van der Waals surface area contributed by atoms with Crippen molar-refractivity contribution < 1.29 is 0 Å². The Balaban J connectivity index is 1.88.